The Morgan fingerprint density at radius 3 is 2.33 bits per heavy atom. The molecule has 3 heteroatoms. The summed E-state index contributed by atoms with van der Waals surface area (Å²) in [5, 5.41) is 9.82. The van der Waals surface area contributed by atoms with E-state index in [2.05, 4.69) is 25.8 Å². The Kier molecular flexibility index (Phi) is 5.07. The van der Waals surface area contributed by atoms with Gasteiger partial charge in [-0.25, -0.2) is 0 Å². The van der Waals surface area contributed by atoms with Crippen LogP contribution in [0.25, 0.3) is 0 Å². The lowest BCUT2D eigenvalue weighted by Crippen LogP contribution is -2.52. The maximum atomic E-state index is 9.82. The van der Waals surface area contributed by atoms with E-state index < -0.39 is 5.54 Å². The molecule has 1 aliphatic carbocycles. The zero-order valence-electron chi connectivity index (χ0n) is 13.7. The van der Waals surface area contributed by atoms with Crippen LogP contribution in [-0.4, -0.2) is 36.2 Å². The highest BCUT2D eigenvalue weighted by Gasteiger charge is 2.33. The second kappa shape index (κ2) is 6.47. The Labute approximate surface area is 129 Å². The van der Waals surface area contributed by atoms with Crippen molar-refractivity contribution in [3.05, 3.63) is 35.9 Å². The lowest BCUT2D eigenvalue weighted by atomic mass is 9.75. The van der Waals surface area contributed by atoms with Crippen LogP contribution < -0.4 is 5.73 Å². The standard InChI is InChI=1S/C18H30N2O/c1-17(2)11-9-16(10-12-17)20(3)13-18(19,14-21)15-7-5-4-6-8-15/h4-8,16,21H,9-14,19H2,1-3H3. The molecule has 0 aliphatic heterocycles. The van der Waals surface area contributed by atoms with Crippen molar-refractivity contribution in [3.8, 4) is 0 Å². The fourth-order valence-electron chi connectivity index (χ4n) is 3.40. The summed E-state index contributed by atoms with van der Waals surface area (Å²) in [6.07, 6.45) is 4.98. The highest BCUT2D eigenvalue weighted by Crippen LogP contribution is 2.37. The van der Waals surface area contributed by atoms with Gasteiger partial charge in [-0.3, -0.25) is 0 Å². The van der Waals surface area contributed by atoms with Gasteiger partial charge in [-0.1, -0.05) is 44.2 Å². The molecule has 1 aromatic carbocycles. The van der Waals surface area contributed by atoms with Crippen LogP contribution in [0.5, 0.6) is 0 Å². The number of likely N-dealkylation sites (N-methyl/N-ethyl adjacent to an activating group) is 1. The Morgan fingerprint density at radius 1 is 1.24 bits per heavy atom. The van der Waals surface area contributed by atoms with Gasteiger partial charge in [0.1, 0.15) is 0 Å². The van der Waals surface area contributed by atoms with Gasteiger partial charge in [0.15, 0.2) is 0 Å². The minimum Gasteiger partial charge on any atom is -0.394 e. The number of aliphatic hydroxyl groups is 1. The van der Waals surface area contributed by atoms with Crippen molar-refractivity contribution in [1.82, 2.24) is 4.90 Å². The molecule has 21 heavy (non-hydrogen) atoms. The van der Waals surface area contributed by atoms with Gasteiger partial charge in [0, 0.05) is 12.6 Å². The second-order valence-electron chi connectivity index (χ2n) is 7.49. The molecule has 0 aromatic heterocycles. The number of nitrogens with two attached hydrogens (primary N) is 1. The van der Waals surface area contributed by atoms with E-state index in [4.69, 9.17) is 5.73 Å². The van der Waals surface area contributed by atoms with E-state index in [-0.39, 0.29) is 6.61 Å². The molecule has 1 aromatic rings. The average Bonchev–Trinajstić information content (AvgIpc) is 2.47. The molecule has 3 N–H and O–H groups in total. The summed E-state index contributed by atoms with van der Waals surface area (Å²) in [5.74, 6) is 0. The highest BCUT2D eigenvalue weighted by molar-refractivity contribution is 5.24. The van der Waals surface area contributed by atoms with Crippen molar-refractivity contribution in [2.45, 2.75) is 51.1 Å². The smallest absolute Gasteiger partial charge is 0.0772 e. The topological polar surface area (TPSA) is 49.5 Å². The van der Waals surface area contributed by atoms with Gasteiger partial charge >= 0.3 is 0 Å². The van der Waals surface area contributed by atoms with Crippen LogP contribution in [0.3, 0.4) is 0 Å². The summed E-state index contributed by atoms with van der Waals surface area (Å²) in [6.45, 7) is 5.38. The minimum absolute atomic E-state index is 0.0282. The van der Waals surface area contributed by atoms with Crippen molar-refractivity contribution >= 4 is 0 Å². The largest absolute Gasteiger partial charge is 0.394 e. The van der Waals surface area contributed by atoms with Crippen molar-refractivity contribution in [1.29, 1.82) is 0 Å². The van der Waals surface area contributed by atoms with Crippen LogP contribution in [0.15, 0.2) is 30.3 Å². The maximum absolute atomic E-state index is 9.82. The lowest BCUT2D eigenvalue weighted by Gasteiger charge is -2.41. The summed E-state index contributed by atoms with van der Waals surface area (Å²) in [4.78, 5) is 2.35. The van der Waals surface area contributed by atoms with Gasteiger partial charge in [0.25, 0.3) is 0 Å². The first-order chi connectivity index (χ1) is 9.86. The minimum atomic E-state index is -0.678. The number of benzene rings is 1. The molecule has 0 bridgehead atoms. The normalized spacial score (nSPS) is 22.2. The van der Waals surface area contributed by atoms with E-state index in [0.717, 1.165) is 5.56 Å². The van der Waals surface area contributed by atoms with E-state index in [1.54, 1.807) is 0 Å². The molecule has 0 saturated heterocycles. The molecule has 1 unspecified atom stereocenters. The van der Waals surface area contributed by atoms with Crippen molar-refractivity contribution < 1.29 is 5.11 Å². The van der Waals surface area contributed by atoms with E-state index in [1.807, 2.05) is 30.3 Å². The SMILES string of the molecule is CN(CC(N)(CO)c1ccccc1)C1CCC(C)(C)CC1. The van der Waals surface area contributed by atoms with Crippen LogP contribution in [0, 0.1) is 5.41 Å². The molecule has 1 aliphatic rings. The predicted molar refractivity (Wildman–Crippen MR) is 88.1 cm³/mol. The molecule has 2 rings (SSSR count). The first-order valence-electron chi connectivity index (χ1n) is 8.02. The number of rotatable bonds is 5. The molecule has 1 saturated carbocycles. The fourth-order valence-corrected chi connectivity index (χ4v) is 3.40. The van der Waals surface area contributed by atoms with Crippen molar-refractivity contribution in [3.63, 3.8) is 0 Å². The van der Waals surface area contributed by atoms with E-state index in [0.29, 0.717) is 18.0 Å². The molecule has 1 fully saturated rings. The van der Waals surface area contributed by atoms with E-state index in [9.17, 15) is 5.11 Å². The van der Waals surface area contributed by atoms with E-state index >= 15 is 0 Å². The lowest BCUT2D eigenvalue weighted by molar-refractivity contribution is 0.0858. The number of nitrogens with zero attached hydrogens (tertiary/aromatic N) is 1. The molecule has 0 spiro atoms. The van der Waals surface area contributed by atoms with Crippen LogP contribution >= 0.6 is 0 Å². The van der Waals surface area contributed by atoms with Gasteiger partial charge in [-0.15, -0.1) is 0 Å². The van der Waals surface area contributed by atoms with Crippen LogP contribution in [-0.2, 0) is 5.54 Å². The third-order valence-electron chi connectivity index (χ3n) is 5.09. The molecular formula is C18H30N2O. The molecule has 1 atom stereocenters. The Bertz CT molecular complexity index is 436. The van der Waals surface area contributed by atoms with Gasteiger partial charge in [0.2, 0.25) is 0 Å². The monoisotopic (exact) mass is 290 g/mol. The molecule has 3 nitrogen and oxygen atoms in total. The summed E-state index contributed by atoms with van der Waals surface area (Å²) in [5.41, 5.74) is 7.30. The molecule has 0 heterocycles. The Morgan fingerprint density at radius 2 is 1.81 bits per heavy atom. The van der Waals surface area contributed by atoms with Gasteiger partial charge in [0.05, 0.1) is 12.1 Å². The second-order valence-corrected chi connectivity index (χ2v) is 7.49. The van der Waals surface area contributed by atoms with Gasteiger partial charge < -0.3 is 15.7 Å². The number of hydrogen-bond acceptors (Lipinski definition) is 3. The zero-order chi connectivity index (χ0) is 15.5. The third-order valence-corrected chi connectivity index (χ3v) is 5.09. The summed E-state index contributed by atoms with van der Waals surface area (Å²) in [7, 11) is 2.14. The fraction of sp³-hybridized carbons (Fsp3) is 0.667. The maximum Gasteiger partial charge on any atom is 0.0772 e. The zero-order valence-corrected chi connectivity index (χ0v) is 13.7. The summed E-state index contributed by atoms with van der Waals surface area (Å²) >= 11 is 0. The number of hydrogen-bond donors (Lipinski definition) is 2. The first-order valence-corrected chi connectivity index (χ1v) is 8.02. The van der Waals surface area contributed by atoms with Gasteiger partial charge in [-0.2, -0.15) is 0 Å². The quantitative estimate of drug-likeness (QED) is 0.876. The Balaban J connectivity index is 2.02. The average molecular weight is 290 g/mol. The molecule has 0 amide bonds. The molecular weight excluding hydrogens is 260 g/mol. The summed E-state index contributed by atoms with van der Waals surface area (Å²) in [6, 6.07) is 10.5. The molecule has 0 radical (unpaired) electrons. The highest BCUT2D eigenvalue weighted by atomic mass is 16.3. The summed E-state index contributed by atoms with van der Waals surface area (Å²) < 4.78 is 0. The first kappa shape index (κ1) is 16.5. The van der Waals surface area contributed by atoms with Crippen LogP contribution in [0.2, 0.25) is 0 Å². The predicted octanol–water partition coefficient (Wildman–Crippen LogP) is 2.73. The van der Waals surface area contributed by atoms with Gasteiger partial charge in [-0.05, 0) is 43.7 Å². The molecule has 118 valence electrons. The third kappa shape index (κ3) is 4.06. The van der Waals surface area contributed by atoms with Crippen molar-refractivity contribution in [2.24, 2.45) is 11.1 Å². The number of aliphatic hydroxyl groups excluding tert-OH is 1. The van der Waals surface area contributed by atoms with Crippen LogP contribution in [0.4, 0.5) is 0 Å². The van der Waals surface area contributed by atoms with Crippen LogP contribution in [0.1, 0.15) is 45.1 Å². The van der Waals surface area contributed by atoms with E-state index in [1.165, 1.54) is 25.7 Å². The van der Waals surface area contributed by atoms with Crippen molar-refractivity contribution in [2.75, 3.05) is 20.2 Å². The Hall–Kier alpha value is -0.900.